The van der Waals surface area contributed by atoms with Crippen LogP contribution in [0.15, 0.2) is 18.2 Å². The molecule has 1 atom stereocenters. The van der Waals surface area contributed by atoms with Gasteiger partial charge in [-0.2, -0.15) is 0 Å². The molecule has 4 nitrogen and oxygen atoms in total. The van der Waals surface area contributed by atoms with E-state index in [1.807, 2.05) is 11.9 Å². The van der Waals surface area contributed by atoms with E-state index in [0.29, 0.717) is 12.1 Å². The first kappa shape index (κ1) is 16.8. The molecule has 122 valence electrons. The predicted molar refractivity (Wildman–Crippen MR) is 79.5 cm³/mol. The number of carboxylic acids is 1. The summed E-state index contributed by atoms with van der Waals surface area (Å²) >= 11 is 0. The van der Waals surface area contributed by atoms with Gasteiger partial charge in [-0.15, -0.1) is 0 Å². The molecule has 0 bridgehead atoms. The zero-order chi connectivity index (χ0) is 16.1. The van der Waals surface area contributed by atoms with Gasteiger partial charge in [-0.25, -0.2) is 8.78 Å². The largest absolute Gasteiger partial charge is 0.480 e. The number of likely N-dealkylation sites (tertiary alicyclic amines) is 1. The van der Waals surface area contributed by atoms with Gasteiger partial charge in [0.15, 0.2) is 0 Å². The summed E-state index contributed by atoms with van der Waals surface area (Å²) in [6.07, 6.45) is 2.73. The Morgan fingerprint density at radius 3 is 2.82 bits per heavy atom. The van der Waals surface area contributed by atoms with Crippen LogP contribution in [0.3, 0.4) is 0 Å². The molecule has 6 heteroatoms. The van der Waals surface area contributed by atoms with E-state index in [1.54, 1.807) is 0 Å². The van der Waals surface area contributed by atoms with E-state index in [4.69, 9.17) is 5.11 Å². The van der Waals surface area contributed by atoms with E-state index < -0.39 is 17.6 Å². The normalized spacial score (nSPS) is 20.1. The number of carboxylic acid groups (broad SMARTS) is 1. The molecule has 0 aliphatic carbocycles. The van der Waals surface area contributed by atoms with Gasteiger partial charge in [-0.3, -0.25) is 14.6 Å². The van der Waals surface area contributed by atoms with Crippen LogP contribution in [0.25, 0.3) is 0 Å². The minimum atomic E-state index is -0.822. The van der Waals surface area contributed by atoms with Crippen LogP contribution in [0.2, 0.25) is 0 Å². The fraction of sp³-hybridized carbons (Fsp3) is 0.562. The van der Waals surface area contributed by atoms with Crippen LogP contribution in [0.5, 0.6) is 0 Å². The molecule has 0 radical (unpaired) electrons. The van der Waals surface area contributed by atoms with Gasteiger partial charge >= 0.3 is 5.97 Å². The highest BCUT2D eigenvalue weighted by atomic mass is 19.1. The molecule has 0 amide bonds. The molecule has 1 aliphatic rings. The monoisotopic (exact) mass is 312 g/mol. The summed E-state index contributed by atoms with van der Waals surface area (Å²) in [5, 5.41) is 8.86. The lowest BCUT2D eigenvalue weighted by Gasteiger charge is -2.25. The van der Waals surface area contributed by atoms with Crippen molar-refractivity contribution in [1.29, 1.82) is 0 Å². The molecule has 1 aromatic rings. The fourth-order valence-corrected chi connectivity index (χ4v) is 2.97. The Bertz CT molecular complexity index is 525. The Balaban J connectivity index is 1.91. The van der Waals surface area contributed by atoms with E-state index >= 15 is 0 Å². The van der Waals surface area contributed by atoms with E-state index in [2.05, 4.69) is 4.90 Å². The number of hydrogen-bond acceptors (Lipinski definition) is 3. The van der Waals surface area contributed by atoms with Gasteiger partial charge in [0, 0.05) is 24.2 Å². The molecule has 1 aromatic carbocycles. The molecule has 1 N–H and O–H groups in total. The maximum absolute atomic E-state index is 13.7. The van der Waals surface area contributed by atoms with Crippen molar-refractivity contribution in [3.05, 3.63) is 35.4 Å². The standard InChI is InChI=1S/C16H22F2N2O2/c1-19(11-16(21)22)14-3-2-7-20(8-6-14)10-12-4-5-13(17)9-15(12)18/h4-5,9,14H,2-3,6-8,10-11H2,1H3,(H,21,22). The highest BCUT2D eigenvalue weighted by molar-refractivity contribution is 5.69. The fourth-order valence-electron chi connectivity index (χ4n) is 2.97. The van der Waals surface area contributed by atoms with Crippen molar-refractivity contribution in [1.82, 2.24) is 9.80 Å². The first-order valence-electron chi connectivity index (χ1n) is 7.54. The number of hydrogen-bond donors (Lipinski definition) is 1. The van der Waals surface area contributed by atoms with Gasteiger partial charge in [0.2, 0.25) is 0 Å². The minimum absolute atomic E-state index is 0.0389. The average molecular weight is 312 g/mol. The Labute approximate surface area is 129 Å². The zero-order valence-electron chi connectivity index (χ0n) is 12.8. The third-order valence-corrected chi connectivity index (χ3v) is 4.21. The second kappa shape index (κ2) is 7.65. The molecule has 1 fully saturated rings. The van der Waals surface area contributed by atoms with E-state index in [9.17, 15) is 13.6 Å². The number of rotatable bonds is 5. The summed E-state index contributed by atoms with van der Waals surface area (Å²) < 4.78 is 26.6. The number of aliphatic carboxylic acids is 1. The Morgan fingerprint density at radius 2 is 2.14 bits per heavy atom. The molecule has 2 rings (SSSR count). The Morgan fingerprint density at radius 1 is 1.36 bits per heavy atom. The van der Waals surface area contributed by atoms with Gasteiger partial charge in [0.25, 0.3) is 0 Å². The molecule has 22 heavy (non-hydrogen) atoms. The summed E-state index contributed by atoms with van der Waals surface area (Å²) in [4.78, 5) is 14.8. The van der Waals surface area contributed by atoms with Gasteiger partial charge < -0.3 is 5.11 Å². The molecule has 1 heterocycles. The molecule has 1 unspecified atom stereocenters. The van der Waals surface area contributed by atoms with Crippen molar-refractivity contribution in [2.24, 2.45) is 0 Å². The van der Waals surface area contributed by atoms with Gasteiger partial charge in [0.05, 0.1) is 6.54 Å². The quantitative estimate of drug-likeness (QED) is 0.906. The van der Waals surface area contributed by atoms with E-state index in [1.165, 1.54) is 12.1 Å². The Hall–Kier alpha value is -1.53. The van der Waals surface area contributed by atoms with E-state index in [0.717, 1.165) is 38.4 Å². The van der Waals surface area contributed by atoms with Crippen LogP contribution in [-0.2, 0) is 11.3 Å². The van der Waals surface area contributed by atoms with Crippen molar-refractivity contribution >= 4 is 5.97 Å². The topological polar surface area (TPSA) is 43.8 Å². The number of halogens is 2. The van der Waals surface area contributed by atoms with Crippen LogP contribution in [-0.4, -0.2) is 53.6 Å². The third kappa shape index (κ3) is 4.74. The molecule has 0 spiro atoms. The first-order valence-corrected chi connectivity index (χ1v) is 7.54. The average Bonchev–Trinajstić information content (AvgIpc) is 2.67. The molecular weight excluding hydrogens is 290 g/mol. The van der Waals surface area contributed by atoms with Crippen LogP contribution < -0.4 is 0 Å². The molecule has 0 saturated carbocycles. The maximum atomic E-state index is 13.7. The highest BCUT2D eigenvalue weighted by Gasteiger charge is 2.22. The van der Waals surface area contributed by atoms with Crippen LogP contribution >= 0.6 is 0 Å². The lowest BCUT2D eigenvalue weighted by atomic mass is 10.1. The molecule has 1 saturated heterocycles. The second-order valence-corrected chi connectivity index (χ2v) is 5.91. The van der Waals surface area contributed by atoms with Crippen molar-refractivity contribution in [2.45, 2.75) is 31.8 Å². The molecular formula is C16H22F2N2O2. The number of benzene rings is 1. The summed E-state index contributed by atoms with van der Waals surface area (Å²) in [5.74, 6) is -1.90. The number of likely N-dealkylation sites (N-methyl/N-ethyl adjacent to an activating group) is 1. The third-order valence-electron chi connectivity index (χ3n) is 4.21. The molecule has 0 aromatic heterocycles. The lowest BCUT2D eigenvalue weighted by Crippen LogP contribution is -2.36. The Kier molecular flexibility index (Phi) is 5.85. The van der Waals surface area contributed by atoms with Crippen molar-refractivity contribution in [2.75, 3.05) is 26.7 Å². The van der Waals surface area contributed by atoms with Gasteiger partial charge in [-0.05, 0) is 45.5 Å². The van der Waals surface area contributed by atoms with Crippen molar-refractivity contribution in [3.63, 3.8) is 0 Å². The molecule has 1 aliphatic heterocycles. The lowest BCUT2D eigenvalue weighted by molar-refractivity contribution is -0.138. The van der Waals surface area contributed by atoms with Crippen molar-refractivity contribution in [3.8, 4) is 0 Å². The summed E-state index contributed by atoms with van der Waals surface area (Å²) in [6.45, 7) is 2.12. The first-order chi connectivity index (χ1) is 10.5. The smallest absolute Gasteiger partial charge is 0.317 e. The predicted octanol–water partition coefficient (Wildman–Crippen LogP) is 2.34. The van der Waals surface area contributed by atoms with Gasteiger partial charge in [-0.1, -0.05) is 6.07 Å². The SMILES string of the molecule is CN(CC(=O)O)C1CCCN(Cc2ccc(F)cc2F)CC1. The summed E-state index contributed by atoms with van der Waals surface area (Å²) in [6, 6.07) is 3.92. The minimum Gasteiger partial charge on any atom is -0.480 e. The van der Waals surface area contributed by atoms with Crippen LogP contribution in [0.1, 0.15) is 24.8 Å². The highest BCUT2D eigenvalue weighted by Crippen LogP contribution is 2.19. The zero-order valence-corrected chi connectivity index (χ0v) is 12.8. The second-order valence-electron chi connectivity index (χ2n) is 5.91. The van der Waals surface area contributed by atoms with Gasteiger partial charge in [0.1, 0.15) is 11.6 Å². The summed E-state index contributed by atoms with van der Waals surface area (Å²) in [5.41, 5.74) is 0.499. The van der Waals surface area contributed by atoms with E-state index in [-0.39, 0.29) is 12.6 Å². The summed E-state index contributed by atoms with van der Waals surface area (Å²) in [7, 11) is 1.83. The maximum Gasteiger partial charge on any atom is 0.317 e. The number of carbonyl (C=O) groups is 1. The number of nitrogens with zero attached hydrogens (tertiary/aromatic N) is 2. The van der Waals surface area contributed by atoms with Crippen molar-refractivity contribution < 1.29 is 18.7 Å². The van der Waals surface area contributed by atoms with Crippen LogP contribution in [0, 0.1) is 11.6 Å². The van der Waals surface area contributed by atoms with Crippen LogP contribution in [0.4, 0.5) is 8.78 Å².